The molecule has 1 aromatic heterocycles. The van der Waals surface area contributed by atoms with Crippen molar-refractivity contribution in [2.75, 3.05) is 0 Å². The first-order chi connectivity index (χ1) is 7.33. The minimum Gasteiger partial charge on any atom is -0.360 e. The van der Waals surface area contributed by atoms with Gasteiger partial charge in [-0.05, 0) is 12.5 Å². The Hall–Kier alpha value is -1.83. The van der Waals surface area contributed by atoms with E-state index in [2.05, 4.69) is 11.6 Å². The number of para-hydroxylation sites is 1. The molecular weight excluding hydrogens is 186 g/mol. The molecule has 2 heteroatoms. The van der Waals surface area contributed by atoms with E-state index in [-0.39, 0.29) is 5.78 Å². The maximum atomic E-state index is 11.8. The molecule has 0 atom stereocenters. The summed E-state index contributed by atoms with van der Waals surface area (Å²) in [5, 5.41) is 1.01. The maximum Gasteiger partial charge on any atom is 0.165 e. The third-order valence-electron chi connectivity index (χ3n) is 2.47. The van der Waals surface area contributed by atoms with Gasteiger partial charge in [-0.25, -0.2) is 0 Å². The van der Waals surface area contributed by atoms with E-state index in [1.54, 1.807) is 12.3 Å². The average molecular weight is 199 g/mol. The van der Waals surface area contributed by atoms with Gasteiger partial charge < -0.3 is 4.98 Å². The predicted molar refractivity (Wildman–Crippen MR) is 62.1 cm³/mol. The number of carbonyl (C=O) groups is 1. The quantitative estimate of drug-likeness (QED) is 0.594. The Morgan fingerprint density at radius 2 is 2.20 bits per heavy atom. The van der Waals surface area contributed by atoms with E-state index in [1.165, 1.54) is 0 Å². The van der Waals surface area contributed by atoms with Gasteiger partial charge in [0.1, 0.15) is 0 Å². The van der Waals surface area contributed by atoms with Crippen molar-refractivity contribution in [1.29, 1.82) is 0 Å². The first kappa shape index (κ1) is 9.71. The van der Waals surface area contributed by atoms with Crippen LogP contribution in [0.25, 0.3) is 10.9 Å². The van der Waals surface area contributed by atoms with E-state index in [1.807, 2.05) is 24.3 Å². The third kappa shape index (κ3) is 1.84. The van der Waals surface area contributed by atoms with E-state index < -0.39 is 0 Å². The summed E-state index contributed by atoms with van der Waals surface area (Å²) in [5.74, 6) is 0.173. The Labute approximate surface area is 88.6 Å². The number of Topliss-reactive ketones (excluding diaryl/α,β-unsaturated/α-hetero) is 1. The molecule has 1 N–H and O–H groups in total. The molecule has 0 amide bonds. The molecule has 0 spiro atoms. The SMILES string of the molecule is C=CCCC(=O)c1c[nH]c2ccccc12. The first-order valence-electron chi connectivity index (χ1n) is 5.03. The fourth-order valence-corrected chi connectivity index (χ4v) is 1.67. The number of allylic oxidation sites excluding steroid dienone is 1. The highest BCUT2D eigenvalue weighted by atomic mass is 16.1. The van der Waals surface area contributed by atoms with Crippen LogP contribution in [0.2, 0.25) is 0 Å². The number of aromatic amines is 1. The zero-order valence-corrected chi connectivity index (χ0v) is 8.49. The molecule has 2 rings (SSSR count). The minimum atomic E-state index is 0.173. The van der Waals surface area contributed by atoms with Gasteiger partial charge in [-0.1, -0.05) is 24.3 Å². The van der Waals surface area contributed by atoms with Crippen LogP contribution in [0.4, 0.5) is 0 Å². The fraction of sp³-hybridized carbons (Fsp3) is 0.154. The van der Waals surface area contributed by atoms with Crippen LogP contribution in [-0.2, 0) is 0 Å². The van der Waals surface area contributed by atoms with Gasteiger partial charge in [-0.15, -0.1) is 6.58 Å². The normalized spacial score (nSPS) is 10.4. The molecule has 76 valence electrons. The van der Waals surface area contributed by atoms with Crippen molar-refractivity contribution in [2.24, 2.45) is 0 Å². The summed E-state index contributed by atoms with van der Waals surface area (Å²) >= 11 is 0. The summed E-state index contributed by atoms with van der Waals surface area (Å²) in [7, 11) is 0. The van der Waals surface area contributed by atoms with Crippen LogP contribution in [0.1, 0.15) is 23.2 Å². The lowest BCUT2D eigenvalue weighted by Crippen LogP contribution is -1.96. The van der Waals surface area contributed by atoms with Crippen LogP contribution in [0.5, 0.6) is 0 Å². The van der Waals surface area contributed by atoms with Crippen molar-refractivity contribution in [3.05, 3.63) is 48.7 Å². The summed E-state index contributed by atoms with van der Waals surface area (Å²) in [6.07, 6.45) is 4.83. The standard InChI is InChI=1S/C13H13NO/c1-2-3-8-13(15)11-9-14-12-7-5-4-6-10(11)12/h2,4-7,9,14H,1,3,8H2. The van der Waals surface area contributed by atoms with Crippen molar-refractivity contribution >= 4 is 16.7 Å². The Bertz CT molecular complexity index is 496. The van der Waals surface area contributed by atoms with Gasteiger partial charge in [0.2, 0.25) is 0 Å². The lowest BCUT2D eigenvalue weighted by atomic mass is 10.1. The number of hydrogen-bond acceptors (Lipinski definition) is 1. The number of H-pyrrole nitrogens is 1. The van der Waals surface area contributed by atoms with Crippen LogP contribution >= 0.6 is 0 Å². The van der Waals surface area contributed by atoms with E-state index >= 15 is 0 Å². The van der Waals surface area contributed by atoms with Crippen molar-refractivity contribution in [3.8, 4) is 0 Å². The smallest absolute Gasteiger partial charge is 0.165 e. The highest BCUT2D eigenvalue weighted by molar-refractivity contribution is 6.07. The zero-order chi connectivity index (χ0) is 10.7. The van der Waals surface area contributed by atoms with Crippen molar-refractivity contribution in [1.82, 2.24) is 4.98 Å². The molecule has 0 fully saturated rings. The minimum absolute atomic E-state index is 0.173. The van der Waals surface area contributed by atoms with Gasteiger partial charge in [-0.3, -0.25) is 4.79 Å². The van der Waals surface area contributed by atoms with Gasteiger partial charge in [0.15, 0.2) is 5.78 Å². The summed E-state index contributed by atoms with van der Waals surface area (Å²) in [5.41, 5.74) is 1.80. The van der Waals surface area contributed by atoms with Crippen LogP contribution in [0.3, 0.4) is 0 Å². The first-order valence-corrected chi connectivity index (χ1v) is 5.03. The van der Waals surface area contributed by atoms with Crippen molar-refractivity contribution in [3.63, 3.8) is 0 Å². The molecule has 0 saturated heterocycles. The number of nitrogens with one attached hydrogen (secondary N) is 1. The van der Waals surface area contributed by atoms with Crippen LogP contribution in [-0.4, -0.2) is 10.8 Å². The summed E-state index contributed by atoms with van der Waals surface area (Å²) in [4.78, 5) is 14.9. The van der Waals surface area contributed by atoms with Gasteiger partial charge in [0.05, 0.1) is 0 Å². The van der Waals surface area contributed by atoms with E-state index in [0.29, 0.717) is 6.42 Å². The van der Waals surface area contributed by atoms with E-state index in [0.717, 1.165) is 22.9 Å². The second-order valence-corrected chi connectivity index (χ2v) is 3.50. The van der Waals surface area contributed by atoms with Gasteiger partial charge >= 0.3 is 0 Å². The molecule has 0 saturated carbocycles. The predicted octanol–water partition coefficient (Wildman–Crippen LogP) is 3.32. The third-order valence-corrected chi connectivity index (χ3v) is 2.47. The zero-order valence-electron chi connectivity index (χ0n) is 8.49. The van der Waals surface area contributed by atoms with Crippen molar-refractivity contribution in [2.45, 2.75) is 12.8 Å². The summed E-state index contributed by atoms with van der Waals surface area (Å²) in [6.45, 7) is 3.62. The molecule has 0 bridgehead atoms. The summed E-state index contributed by atoms with van der Waals surface area (Å²) < 4.78 is 0. The van der Waals surface area contributed by atoms with Crippen LogP contribution in [0.15, 0.2) is 43.1 Å². The molecular formula is C13H13NO. The number of fused-ring (bicyclic) bond motifs is 1. The van der Waals surface area contributed by atoms with Crippen LogP contribution in [0, 0.1) is 0 Å². The lowest BCUT2D eigenvalue weighted by molar-refractivity contribution is 0.0985. The van der Waals surface area contributed by atoms with Gasteiger partial charge in [0, 0.05) is 29.1 Å². The van der Waals surface area contributed by atoms with Gasteiger partial charge in [0.25, 0.3) is 0 Å². The monoisotopic (exact) mass is 199 g/mol. The number of carbonyl (C=O) groups excluding carboxylic acids is 1. The van der Waals surface area contributed by atoms with Crippen molar-refractivity contribution < 1.29 is 4.79 Å². The van der Waals surface area contributed by atoms with Gasteiger partial charge in [-0.2, -0.15) is 0 Å². The molecule has 1 heterocycles. The number of benzene rings is 1. The van der Waals surface area contributed by atoms with E-state index in [9.17, 15) is 4.79 Å². The number of hydrogen-bond donors (Lipinski definition) is 1. The molecule has 15 heavy (non-hydrogen) atoms. The fourth-order valence-electron chi connectivity index (χ4n) is 1.67. The number of aromatic nitrogens is 1. The lowest BCUT2D eigenvalue weighted by Gasteiger charge is -1.96. The molecule has 0 aliphatic carbocycles. The summed E-state index contributed by atoms with van der Waals surface area (Å²) in [6, 6.07) is 7.84. The van der Waals surface area contributed by atoms with E-state index in [4.69, 9.17) is 0 Å². The second kappa shape index (κ2) is 4.13. The second-order valence-electron chi connectivity index (χ2n) is 3.50. The topological polar surface area (TPSA) is 32.9 Å². The Balaban J connectivity index is 2.35. The molecule has 2 nitrogen and oxygen atoms in total. The highest BCUT2D eigenvalue weighted by Crippen LogP contribution is 2.19. The molecule has 0 aliphatic heterocycles. The number of ketones is 1. The Kier molecular flexibility index (Phi) is 2.68. The maximum absolute atomic E-state index is 11.8. The molecule has 0 unspecified atom stereocenters. The Morgan fingerprint density at radius 3 is 3.00 bits per heavy atom. The highest BCUT2D eigenvalue weighted by Gasteiger charge is 2.09. The molecule has 2 aromatic rings. The average Bonchev–Trinajstić information content (AvgIpc) is 2.69. The molecule has 0 radical (unpaired) electrons. The number of rotatable bonds is 4. The van der Waals surface area contributed by atoms with Crippen LogP contribution < -0.4 is 0 Å². The Morgan fingerprint density at radius 1 is 1.40 bits per heavy atom. The molecule has 0 aliphatic rings. The molecule has 1 aromatic carbocycles. The largest absolute Gasteiger partial charge is 0.360 e.